The Bertz CT molecular complexity index is 1100. The molecule has 1 saturated heterocycles. The predicted octanol–water partition coefficient (Wildman–Crippen LogP) is 0.121. The standard InChI is InChI=1S/C25H35N5O6/c1-3-14(2)21(23(33)28-19(13-31)24(34)30-10-6-9-20(30)25(35)36)29-22(32)17(26)11-15-12-27-18-8-5-4-7-16(15)18/h4-5,7-8,12,14,17,19-21,27,31H,3,6,9-11,13,26H2,1-2H3,(H,28,33)(H,29,32)(H,35,36). The van der Waals surface area contributed by atoms with Crippen molar-refractivity contribution in [2.24, 2.45) is 11.7 Å². The van der Waals surface area contributed by atoms with Crippen molar-refractivity contribution >= 4 is 34.6 Å². The SMILES string of the molecule is CCC(C)C(NC(=O)C(N)Cc1c[nH]c2ccccc12)C(=O)NC(CO)C(=O)N1CCCC1C(=O)O. The molecule has 5 atom stereocenters. The van der Waals surface area contributed by atoms with E-state index < -0.39 is 54.5 Å². The minimum absolute atomic E-state index is 0.233. The van der Waals surface area contributed by atoms with Gasteiger partial charge in [0.15, 0.2) is 0 Å². The number of amides is 3. The minimum atomic E-state index is -1.32. The summed E-state index contributed by atoms with van der Waals surface area (Å²) in [6, 6.07) is 3.44. The van der Waals surface area contributed by atoms with Gasteiger partial charge in [-0.3, -0.25) is 14.4 Å². The minimum Gasteiger partial charge on any atom is -0.480 e. The smallest absolute Gasteiger partial charge is 0.326 e. The number of nitrogens with two attached hydrogens (primary N) is 1. The van der Waals surface area contributed by atoms with Crippen LogP contribution in [0.15, 0.2) is 30.5 Å². The number of carbonyl (C=O) groups is 4. The number of hydrogen-bond donors (Lipinski definition) is 6. The van der Waals surface area contributed by atoms with Crippen molar-refractivity contribution in [1.29, 1.82) is 0 Å². The second-order valence-electron chi connectivity index (χ2n) is 9.31. The van der Waals surface area contributed by atoms with Crippen LogP contribution in [0.4, 0.5) is 0 Å². The lowest BCUT2D eigenvalue weighted by Gasteiger charge is -2.29. The van der Waals surface area contributed by atoms with Crippen LogP contribution >= 0.6 is 0 Å². The number of likely N-dealkylation sites (tertiary alicyclic amines) is 1. The van der Waals surface area contributed by atoms with Crippen LogP contribution in [0.5, 0.6) is 0 Å². The number of hydrogen-bond acceptors (Lipinski definition) is 6. The van der Waals surface area contributed by atoms with Crippen LogP contribution in [0.25, 0.3) is 10.9 Å². The third-order valence-electron chi connectivity index (χ3n) is 6.86. The summed E-state index contributed by atoms with van der Waals surface area (Å²) in [6.45, 7) is 3.18. The van der Waals surface area contributed by atoms with Crippen molar-refractivity contribution in [1.82, 2.24) is 20.5 Å². The molecule has 0 radical (unpaired) electrons. The number of H-pyrrole nitrogens is 1. The Hall–Kier alpha value is -3.44. The number of para-hydroxylation sites is 1. The lowest BCUT2D eigenvalue weighted by atomic mass is 9.97. The van der Waals surface area contributed by atoms with E-state index in [0.717, 1.165) is 21.4 Å². The molecular formula is C25H35N5O6. The second kappa shape index (κ2) is 12.0. The Morgan fingerprint density at radius 1 is 1.19 bits per heavy atom. The van der Waals surface area contributed by atoms with E-state index in [1.54, 1.807) is 13.1 Å². The topological polar surface area (TPSA) is 178 Å². The zero-order valence-corrected chi connectivity index (χ0v) is 20.6. The summed E-state index contributed by atoms with van der Waals surface area (Å²) in [6.07, 6.45) is 3.45. The summed E-state index contributed by atoms with van der Waals surface area (Å²) in [5.74, 6) is -3.24. The molecule has 1 aliphatic rings. The molecule has 1 aliphatic heterocycles. The molecule has 36 heavy (non-hydrogen) atoms. The van der Waals surface area contributed by atoms with Gasteiger partial charge >= 0.3 is 5.97 Å². The molecule has 7 N–H and O–H groups in total. The van der Waals surface area contributed by atoms with Gasteiger partial charge in [-0.15, -0.1) is 0 Å². The molecule has 196 valence electrons. The number of carboxylic acids is 1. The molecular weight excluding hydrogens is 466 g/mol. The lowest BCUT2D eigenvalue weighted by Crippen LogP contribution is -2.59. The van der Waals surface area contributed by atoms with Gasteiger partial charge < -0.3 is 36.5 Å². The number of aromatic amines is 1. The van der Waals surface area contributed by atoms with Crippen LogP contribution in [0, 0.1) is 5.92 Å². The van der Waals surface area contributed by atoms with Crippen LogP contribution in [0.1, 0.15) is 38.7 Å². The fraction of sp³-hybridized carbons (Fsp3) is 0.520. The average molecular weight is 502 g/mol. The highest BCUT2D eigenvalue weighted by Gasteiger charge is 2.38. The summed E-state index contributed by atoms with van der Waals surface area (Å²) in [5.41, 5.74) is 7.98. The Morgan fingerprint density at radius 2 is 1.92 bits per heavy atom. The number of aliphatic hydroxyl groups is 1. The third-order valence-corrected chi connectivity index (χ3v) is 6.86. The van der Waals surface area contributed by atoms with Gasteiger partial charge in [-0.25, -0.2) is 4.79 Å². The molecule has 3 amide bonds. The molecule has 3 rings (SSSR count). The van der Waals surface area contributed by atoms with Crippen molar-refractivity contribution in [3.63, 3.8) is 0 Å². The largest absolute Gasteiger partial charge is 0.480 e. The molecule has 2 aromatic rings. The van der Waals surface area contributed by atoms with Gasteiger partial charge in [-0.2, -0.15) is 0 Å². The number of carbonyl (C=O) groups excluding carboxylic acids is 3. The van der Waals surface area contributed by atoms with Crippen molar-refractivity contribution < 1.29 is 29.4 Å². The first kappa shape index (κ1) is 27.2. The van der Waals surface area contributed by atoms with Crippen molar-refractivity contribution in [2.75, 3.05) is 13.2 Å². The number of carboxylic acid groups (broad SMARTS) is 1. The van der Waals surface area contributed by atoms with E-state index in [0.29, 0.717) is 19.3 Å². The molecule has 1 aromatic heterocycles. The molecule has 1 fully saturated rings. The number of aliphatic hydroxyl groups excluding tert-OH is 1. The first-order chi connectivity index (χ1) is 17.2. The van der Waals surface area contributed by atoms with Gasteiger partial charge in [0.1, 0.15) is 18.1 Å². The Morgan fingerprint density at radius 3 is 2.58 bits per heavy atom. The van der Waals surface area contributed by atoms with E-state index in [1.807, 2.05) is 31.2 Å². The third kappa shape index (κ3) is 6.03. The molecule has 0 saturated carbocycles. The van der Waals surface area contributed by atoms with Crippen LogP contribution in [-0.4, -0.2) is 81.1 Å². The van der Waals surface area contributed by atoms with Crippen molar-refractivity contribution in [3.8, 4) is 0 Å². The maximum Gasteiger partial charge on any atom is 0.326 e. The first-order valence-corrected chi connectivity index (χ1v) is 12.2. The van der Waals surface area contributed by atoms with Gasteiger partial charge in [0.05, 0.1) is 12.6 Å². The predicted molar refractivity (Wildman–Crippen MR) is 133 cm³/mol. The highest BCUT2D eigenvalue weighted by molar-refractivity contribution is 5.94. The van der Waals surface area contributed by atoms with E-state index in [1.165, 1.54) is 0 Å². The fourth-order valence-corrected chi connectivity index (χ4v) is 4.53. The van der Waals surface area contributed by atoms with Crippen LogP contribution in [0.2, 0.25) is 0 Å². The van der Waals surface area contributed by atoms with Crippen molar-refractivity contribution in [2.45, 2.75) is 63.7 Å². The summed E-state index contributed by atoms with van der Waals surface area (Å²) in [7, 11) is 0. The van der Waals surface area contributed by atoms with Crippen molar-refractivity contribution in [3.05, 3.63) is 36.0 Å². The number of rotatable bonds is 11. The molecule has 0 bridgehead atoms. The average Bonchev–Trinajstić information content (AvgIpc) is 3.52. The number of fused-ring (bicyclic) bond motifs is 1. The van der Waals surface area contributed by atoms with E-state index >= 15 is 0 Å². The summed E-state index contributed by atoms with van der Waals surface area (Å²) < 4.78 is 0. The number of aromatic nitrogens is 1. The number of nitrogens with one attached hydrogen (secondary N) is 3. The molecule has 0 spiro atoms. The van der Waals surface area contributed by atoms with Gasteiger partial charge in [-0.05, 0) is 36.8 Å². The lowest BCUT2D eigenvalue weighted by molar-refractivity contribution is -0.150. The van der Waals surface area contributed by atoms with Crippen LogP contribution in [0.3, 0.4) is 0 Å². The molecule has 2 heterocycles. The zero-order valence-electron chi connectivity index (χ0n) is 20.6. The van der Waals surface area contributed by atoms with Gasteiger partial charge in [0, 0.05) is 23.6 Å². The van der Waals surface area contributed by atoms with Crippen LogP contribution in [-0.2, 0) is 25.6 Å². The molecule has 1 aromatic carbocycles. The zero-order chi connectivity index (χ0) is 26.4. The highest BCUT2D eigenvalue weighted by Crippen LogP contribution is 2.20. The fourth-order valence-electron chi connectivity index (χ4n) is 4.53. The second-order valence-corrected chi connectivity index (χ2v) is 9.31. The Kier molecular flexibility index (Phi) is 9.05. The first-order valence-electron chi connectivity index (χ1n) is 12.2. The quantitative estimate of drug-likeness (QED) is 0.253. The van der Waals surface area contributed by atoms with Crippen LogP contribution < -0.4 is 16.4 Å². The van der Waals surface area contributed by atoms with E-state index in [2.05, 4.69) is 15.6 Å². The maximum absolute atomic E-state index is 13.1. The van der Waals surface area contributed by atoms with Gasteiger partial charge in [0.25, 0.3) is 0 Å². The Labute approximate surface area is 209 Å². The maximum atomic E-state index is 13.1. The molecule has 0 aliphatic carbocycles. The molecule has 5 unspecified atom stereocenters. The molecule has 11 heteroatoms. The summed E-state index contributed by atoms with van der Waals surface area (Å²) >= 11 is 0. The highest BCUT2D eigenvalue weighted by atomic mass is 16.4. The summed E-state index contributed by atoms with van der Waals surface area (Å²) in [5, 5.41) is 25.3. The molecule has 11 nitrogen and oxygen atoms in total. The van der Waals surface area contributed by atoms with E-state index in [4.69, 9.17) is 5.73 Å². The summed E-state index contributed by atoms with van der Waals surface area (Å²) in [4.78, 5) is 54.7. The number of nitrogens with zero attached hydrogens (tertiary/aromatic N) is 1. The van der Waals surface area contributed by atoms with Gasteiger partial charge in [0.2, 0.25) is 17.7 Å². The number of aliphatic carboxylic acids is 1. The Balaban J connectivity index is 1.67. The monoisotopic (exact) mass is 501 g/mol. The van der Waals surface area contributed by atoms with E-state index in [-0.39, 0.29) is 18.9 Å². The van der Waals surface area contributed by atoms with Gasteiger partial charge in [-0.1, -0.05) is 38.5 Å². The van der Waals surface area contributed by atoms with E-state index in [9.17, 15) is 29.4 Å². The number of benzene rings is 1. The normalized spacial score (nSPS) is 18.9.